The summed E-state index contributed by atoms with van der Waals surface area (Å²) in [6.07, 6.45) is 1.51. The lowest BCUT2D eigenvalue weighted by Gasteiger charge is -2.02. The molecule has 0 unspecified atom stereocenters. The number of rotatable bonds is 5. The number of carbonyl (C=O) groups excluding carboxylic acids is 1. The van der Waals surface area contributed by atoms with Crippen LogP contribution in [0.2, 0.25) is 10.0 Å². The van der Waals surface area contributed by atoms with Gasteiger partial charge in [-0.2, -0.15) is 10.2 Å². The Labute approximate surface area is 159 Å². The molecular weight excluding hydrogens is 375 g/mol. The molecule has 0 fully saturated rings. The van der Waals surface area contributed by atoms with Crippen LogP contribution in [0.3, 0.4) is 0 Å². The van der Waals surface area contributed by atoms with Gasteiger partial charge in [0.05, 0.1) is 29.1 Å². The van der Waals surface area contributed by atoms with Crippen molar-refractivity contribution < 1.29 is 9.53 Å². The average Bonchev–Trinajstić information content (AvgIpc) is 3.14. The van der Waals surface area contributed by atoms with E-state index in [0.717, 1.165) is 11.1 Å². The molecule has 0 saturated heterocycles. The van der Waals surface area contributed by atoms with Gasteiger partial charge in [0.15, 0.2) is 0 Å². The third-order valence-corrected chi connectivity index (χ3v) is 4.29. The molecule has 0 aliphatic carbocycles. The molecule has 0 radical (unpaired) electrons. The lowest BCUT2D eigenvalue weighted by molar-refractivity contribution is 0.0950. The maximum atomic E-state index is 12.2. The summed E-state index contributed by atoms with van der Waals surface area (Å²) in [6.45, 7) is 0. The minimum Gasteiger partial charge on any atom is -0.496 e. The summed E-state index contributed by atoms with van der Waals surface area (Å²) < 4.78 is 5.22. The zero-order valence-corrected chi connectivity index (χ0v) is 15.2. The second-order valence-electron chi connectivity index (χ2n) is 5.24. The summed E-state index contributed by atoms with van der Waals surface area (Å²) in [7, 11) is 1.57. The van der Waals surface area contributed by atoms with Gasteiger partial charge in [-0.25, -0.2) is 5.43 Å². The van der Waals surface area contributed by atoms with Gasteiger partial charge >= 0.3 is 0 Å². The molecule has 0 bridgehead atoms. The number of aromatic amines is 1. The Kier molecular flexibility index (Phi) is 5.55. The van der Waals surface area contributed by atoms with Crippen molar-refractivity contribution in [1.82, 2.24) is 15.6 Å². The topological polar surface area (TPSA) is 79.4 Å². The molecule has 1 aromatic heterocycles. The molecular formula is C18H14Cl2N4O2. The molecule has 0 saturated carbocycles. The van der Waals surface area contributed by atoms with Crippen molar-refractivity contribution in [2.75, 3.05) is 7.11 Å². The predicted octanol–water partition coefficient (Wildman–Crippen LogP) is 4.16. The maximum Gasteiger partial charge on any atom is 0.289 e. The number of aromatic nitrogens is 2. The smallest absolute Gasteiger partial charge is 0.289 e. The van der Waals surface area contributed by atoms with Crippen molar-refractivity contribution in [2.24, 2.45) is 5.10 Å². The van der Waals surface area contributed by atoms with Gasteiger partial charge in [0.2, 0.25) is 0 Å². The Hall–Kier alpha value is -2.83. The third kappa shape index (κ3) is 4.04. The monoisotopic (exact) mass is 388 g/mol. The number of benzene rings is 2. The highest BCUT2D eigenvalue weighted by Gasteiger charge is 2.11. The summed E-state index contributed by atoms with van der Waals surface area (Å²) in [6, 6.07) is 14.1. The summed E-state index contributed by atoms with van der Waals surface area (Å²) in [5, 5.41) is 11.6. The van der Waals surface area contributed by atoms with Crippen LogP contribution in [0.4, 0.5) is 0 Å². The number of amides is 1. The number of carbonyl (C=O) groups is 1. The molecule has 3 rings (SSSR count). The molecule has 0 aliphatic rings. The molecule has 8 heteroatoms. The van der Waals surface area contributed by atoms with E-state index in [2.05, 4.69) is 20.7 Å². The van der Waals surface area contributed by atoms with Crippen molar-refractivity contribution >= 4 is 35.3 Å². The van der Waals surface area contributed by atoms with Gasteiger partial charge in [0, 0.05) is 11.1 Å². The van der Waals surface area contributed by atoms with Gasteiger partial charge < -0.3 is 4.74 Å². The number of para-hydroxylation sites is 1. The van der Waals surface area contributed by atoms with E-state index in [9.17, 15) is 4.79 Å². The van der Waals surface area contributed by atoms with Crippen LogP contribution < -0.4 is 10.2 Å². The summed E-state index contributed by atoms with van der Waals surface area (Å²) in [5.41, 5.74) is 4.77. The van der Waals surface area contributed by atoms with Gasteiger partial charge in [-0.1, -0.05) is 41.4 Å². The summed E-state index contributed by atoms with van der Waals surface area (Å²) in [5.74, 6) is 0.240. The molecule has 0 atom stereocenters. The Morgan fingerprint density at radius 2 is 2.00 bits per heavy atom. The number of nitrogens with zero attached hydrogens (tertiary/aromatic N) is 2. The molecule has 1 amide bonds. The summed E-state index contributed by atoms with van der Waals surface area (Å²) >= 11 is 11.9. The minimum atomic E-state index is -0.421. The largest absolute Gasteiger partial charge is 0.496 e. The van der Waals surface area contributed by atoms with Crippen LogP contribution >= 0.6 is 23.2 Å². The van der Waals surface area contributed by atoms with Crippen LogP contribution in [0.5, 0.6) is 5.75 Å². The predicted molar refractivity (Wildman–Crippen MR) is 102 cm³/mol. The number of hydrogen-bond acceptors (Lipinski definition) is 4. The highest BCUT2D eigenvalue weighted by molar-refractivity contribution is 6.42. The molecule has 132 valence electrons. The van der Waals surface area contributed by atoms with E-state index in [1.165, 1.54) is 6.21 Å². The van der Waals surface area contributed by atoms with Crippen LogP contribution in [-0.2, 0) is 0 Å². The van der Waals surface area contributed by atoms with Crippen LogP contribution in [0.15, 0.2) is 53.6 Å². The second kappa shape index (κ2) is 8.03. The van der Waals surface area contributed by atoms with Gasteiger partial charge in [-0.15, -0.1) is 0 Å². The fourth-order valence-corrected chi connectivity index (χ4v) is 2.53. The minimum absolute atomic E-state index is 0.267. The first kappa shape index (κ1) is 18.0. The Morgan fingerprint density at radius 1 is 1.19 bits per heavy atom. The van der Waals surface area contributed by atoms with E-state index in [0.29, 0.717) is 21.5 Å². The van der Waals surface area contributed by atoms with Crippen molar-refractivity contribution in [3.05, 3.63) is 69.8 Å². The Balaban J connectivity index is 1.70. The first-order valence-electron chi connectivity index (χ1n) is 7.55. The van der Waals surface area contributed by atoms with Crippen LogP contribution in [0.1, 0.15) is 16.1 Å². The van der Waals surface area contributed by atoms with Gasteiger partial charge in [0.25, 0.3) is 5.91 Å². The van der Waals surface area contributed by atoms with Crippen molar-refractivity contribution in [3.8, 4) is 17.0 Å². The number of ether oxygens (including phenoxy) is 1. The lowest BCUT2D eigenvalue weighted by atomic mass is 10.1. The number of halogens is 2. The number of H-pyrrole nitrogens is 1. The molecule has 2 aromatic carbocycles. The highest BCUT2D eigenvalue weighted by atomic mass is 35.5. The lowest BCUT2D eigenvalue weighted by Crippen LogP contribution is -2.18. The highest BCUT2D eigenvalue weighted by Crippen LogP contribution is 2.27. The fourth-order valence-electron chi connectivity index (χ4n) is 2.24. The summed E-state index contributed by atoms with van der Waals surface area (Å²) in [4.78, 5) is 12.2. The molecule has 26 heavy (non-hydrogen) atoms. The van der Waals surface area contributed by atoms with E-state index < -0.39 is 5.91 Å². The number of hydrazone groups is 1. The van der Waals surface area contributed by atoms with Crippen LogP contribution in [-0.4, -0.2) is 29.4 Å². The van der Waals surface area contributed by atoms with E-state index in [4.69, 9.17) is 27.9 Å². The van der Waals surface area contributed by atoms with Crippen molar-refractivity contribution in [3.63, 3.8) is 0 Å². The second-order valence-corrected chi connectivity index (χ2v) is 6.05. The molecule has 2 N–H and O–H groups in total. The zero-order valence-electron chi connectivity index (χ0n) is 13.7. The number of nitrogens with one attached hydrogen (secondary N) is 2. The van der Waals surface area contributed by atoms with E-state index in [1.54, 1.807) is 31.4 Å². The van der Waals surface area contributed by atoms with E-state index in [-0.39, 0.29) is 5.69 Å². The van der Waals surface area contributed by atoms with Gasteiger partial charge in [-0.3, -0.25) is 9.89 Å². The SMILES string of the molecule is COc1ccccc1/C=N\NC(=O)c1cc(-c2ccc(Cl)c(Cl)c2)n[nH]1. The number of methoxy groups -OCH3 is 1. The fraction of sp³-hybridized carbons (Fsp3) is 0.0556. The van der Waals surface area contributed by atoms with Crippen LogP contribution in [0, 0.1) is 0 Å². The van der Waals surface area contributed by atoms with Gasteiger partial charge in [0.1, 0.15) is 11.4 Å². The van der Waals surface area contributed by atoms with Crippen molar-refractivity contribution in [1.29, 1.82) is 0 Å². The van der Waals surface area contributed by atoms with E-state index >= 15 is 0 Å². The normalized spacial score (nSPS) is 10.9. The van der Waals surface area contributed by atoms with Gasteiger partial charge in [-0.05, 0) is 30.3 Å². The first-order valence-corrected chi connectivity index (χ1v) is 8.31. The molecule has 0 aliphatic heterocycles. The standard InChI is InChI=1S/C18H14Cl2N4O2/c1-26-17-5-3-2-4-12(17)10-21-24-18(25)16-9-15(22-23-16)11-6-7-13(19)14(20)8-11/h2-10H,1H3,(H,22,23)(H,24,25)/b21-10-. The zero-order chi connectivity index (χ0) is 18.5. The number of hydrogen-bond donors (Lipinski definition) is 2. The average molecular weight is 389 g/mol. The maximum absolute atomic E-state index is 12.2. The molecule has 3 aromatic rings. The quantitative estimate of drug-likeness (QED) is 0.508. The van der Waals surface area contributed by atoms with E-state index in [1.807, 2.05) is 24.3 Å². The third-order valence-electron chi connectivity index (χ3n) is 3.55. The van der Waals surface area contributed by atoms with Crippen molar-refractivity contribution in [2.45, 2.75) is 0 Å². The first-order chi connectivity index (χ1) is 12.6. The molecule has 1 heterocycles. The van der Waals surface area contributed by atoms with Crippen LogP contribution in [0.25, 0.3) is 11.3 Å². The Bertz CT molecular complexity index is 969. The Morgan fingerprint density at radius 3 is 2.77 bits per heavy atom. The molecule has 0 spiro atoms. The molecule has 6 nitrogen and oxygen atoms in total.